The maximum Gasteiger partial charge on any atom is 0.119 e. The van der Waals surface area contributed by atoms with E-state index in [1.54, 1.807) is 7.11 Å². The lowest BCUT2D eigenvalue weighted by molar-refractivity contribution is 0.220. The monoisotopic (exact) mass is 362 g/mol. The van der Waals surface area contributed by atoms with Crippen molar-refractivity contribution in [3.63, 3.8) is 0 Å². The van der Waals surface area contributed by atoms with Crippen LogP contribution in [0, 0.1) is 0 Å². The fourth-order valence-corrected chi connectivity index (χ4v) is 4.99. The second kappa shape index (κ2) is 6.61. The minimum absolute atomic E-state index is 0.532. The van der Waals surface area contributed by atoms with Crippen LogP contribution in [-0.2, 0) is 13.0 Å². The third kappa shape index (κ3) is 2.71. The van der Waals surface area contributed by atoms with E-state index in [-0.39, 0.29) is 0 Å². The van der Waals surface area contributed by atoms with Gasteiger partial charge >= 0.3 is 0 Å². The van der Waals surface area contributed by atoms with Gasteiger partial charge in [0.1, 0.15) is 18.1 Å². The van der Waals surface area contributed by atoms with Gasteiger partial charge < -0.3 is 14.0 Å². The Morgan fingerprint density at radius 2 is 1.89 bits per heavy atom. The Balaban J connectivity index is 1.53. The van der Waals surface area contributed by atoms with Gasteiger partial charge in [0, 0.05) is 35.1 Å². The molecule has 4 heteroatoms. The molecule has 0 N–H and O–H groups in total. The Morgan fingerprint density at radius 3 is 2.70 bits per heavy atom. The average molecular weight is 362 g/mol. The standard InChI is InChI=1S/C23H26N2O2/c1-24-16-8-10-21(24)23-19-15-18(26-2)9-11-20(19)25(22(23)14-16)12-13-27-17-6-4-3-5-7-17/h3-7,9,11,15-16,21H,8,10,12-14H2,1-2H3. The highest BCUT2D eigenvalue weighted by molar-refractivity contribution is 5.88. The van der Waals surface area contributed by atoms with Crippen LogP contribution < -0.4 is 9.47 Å². The molecule has 2 aliphatic heterocycles. The molecule has 3 aromatic rings. The summed E-state index contributed by atoms with van der Waals surface area (Å²) in [6.07, 6.45) is 3.68. The topological polar surface area (TPSA) is 26.6 Å². The number of rotatable bonds is 5. The van der Waals surface area contributed by atoms with Crippen molar-refractivity contribution in [2.24, 2.45) is 0 Å². The minimum atomic E-state index is 0.532. The Morgan fingerprint density at radius 1 is 1.04 bits per heavy atom. The summed E-state index contributed by atoms with van der Waals surface area (Å²) in [6.45, 7) is 1.55. The van der Waals surface area contributed by atoms with Crippen LogP contribution >= 0.6 is 0 Å². The molecule has 2 atom stereocenters. The van der Waals surface area contributed by atoms with Crippen LogP contribution in [0.25, 0.3) is 10.9 Å². The van der Waals surface area contributed by atoms with E-state index >= 15 is 0 Å². The zero-order valence-electron chi connectivity index (χ0n) is 16.0. The number of para-hydroxylation sites is 1. The molecule has 1 aromatic heterocycles. The summed E-state index contributed by atoms with van der Waals surface area (Å²) in [6, 6.07) is 17.8. The first kappa shape index (κ1) is 16.7. The maximum absolute atomic E-state index is 6.00. The third-order valence-electron chi connectivity index (χ3n) is 6.35. The molecular formula is C23H26N2O2. The number of likely N-dealkylation sites (N-methyl/N-ethyl adjacent to an activating group) is 1. The molecule has 4 nitrogen and oxygen atoms in total. The van der Waals surface area contributed by atoms with E-state index in [1.165, 1.54) is 35.0 Å². The van der Waals surface area contributed by atoms with Gasteiger partial charge in [-0.2, -0.15) is 0 Å². The molecule has 1 fully saturated rings. The summed E-state index contributed by atoms with van der Waals surface area (Å²) >= 11 is 0. The SMILES string of the molecule is COc1ccc2c(c1)c1c(n2CCOc2ccccc2)CC2CCC1N2C. The van der Waals surface area contributed by atoms with Crippen LogP contribution in [0.5, 0.6) is 11.5 Å². The molecule has 0 amide bonds. The average Bonchev–Trinajstić information content (AvgIpc) is 3.12. The van der Waals surface area contributed by atoms with Crippen LogP contribution in [0.1, 0.15) is 30.1 Å². The third-order valence-corrected chi connectivity index (χ3v) is 6.35. The molecule has 2 bridgehead atoms. The van der Waals surface area contributed by atoms with Crippen molar-refractivity contribution in [3.8, 4) is 11.5 Å². The molecule has 5 rings (SSSR count). The van der Waals surface area contributed by atoms with Crippen molar-refractivity contribution in [1.29, 1.82) is 0 Å². The Labute approximate surface area is 160 Å². The summed E-state index contributed by atoms with van der Waals surface area (Å²) in [5.41, 5.74) is 4.32. The fourth-order valence-electron chi connectivity index (χ4n) is 4.99. The molecule has 140 valence electrons. The highest BCUT2D eigenvalue weighted by atomic mass is 16.5. The first-order chi connectivity index (χ1) is 13.3. The normalized spacial score (nSPS) is 21.4. The van der Waals surface area contributed by atoms with Gasteiger partial charge in [-0.15, -0.1) is 0 Å². The molecule has 2 aliphatic rings. The van der Waals surface area contributed by atoms with Crippen LogP contribution in [0.15, 0.2) is 48.5 Å². The van der Waals surface area contributed by atoms with E-state index < -0.39 is 0 Å². The second-order valence-corrected chi connectivity index (χ2v) is 7.67. The molecule has 27 heavy (non-hydrogen) atoms. The highest BCUT2D eigenvalue weighted by Crippen LogP contribution is 2.47. The molecule has 0 radical (unpaired) electrons. The number of nitrogens with zero attached hydrogens (tertiary/aromatic N) is 2. The van der Waals surface area contributed by atoms with Crippen LogP contribution in [0.2, 0.25) is 0 Å². The molecule has 2 aromatic carbocycles. The van der Waals surface area contributed by atoms with E-state index in [2.05, 4.69) is 34.7 Å². The predicted molar refractivity (Wildman–Crippen MR) is 108 cm³/mol. The second-order valence-electron chi connectivity index (χ2n) is 7.67. The fraction of sp³-hybridized carbons (Fsp3) is 0.391. The summed E-state index contributed by atoms with van der Waals surface area (Å²) < 4.78 is 14.0. The molecular weight excluding hydrogens is 336 g/mol. The van der Waals surface area contributed by atoms with Crippen LogP contribution in [0.4, 0.5) is 0 Å². The lowest BCUT2D eigenvalue weighted by atomic mass is 9.97. The molecule has 0 spiro atoms. The minimum Gasteiger partial charge on any atom is -0.497 e. The lowest BCUT2D eigenvalue weighted by Gasteiger charge is -2.32. The molecule has 1 saturated heterocycles. The zero-order valence-corrected chi connectivity index (χ0v) is 16.0. The number of hydrogen-bond donors (Lipinski definition) is 0. The first-order valence-corrected chi connectivity index (χ1v) is 9.85. The van der Waals surface area contributed by atoms with Gasteiger partial charge in [-0.1, -0.05) is 18.2 Å². The zero-order chi connectivity index (χ0) is 18.4. The van der Waals surface area contributed by atoms with Gasteiger partial charge in [-0.3, -0.25) is 4.90 Å². The molecule has 2 unspecified atom stereocenters. The highest BCUT2D eigenvalue weighted by Gasteiger charge is 2.40. The van der Waals surface area contributed by atoms with Crippen molar-refractivity contribution in [2.75, 3.05) is 20.8 Å². The Kier molecular flexibility index (Phi) is 4.09. The van der Waals surface area contributed by atoms with Gasteiger partial charge in [0.05, 0.1) is 13.7 Å². The van der Waals surface area contributed by atoms with Crippen molar-refractivity contribution >= 4 is 10.9 Å². The van der Waals surface area contributed by atoms with Crippen LogP contribution in [-0.4, -0.2) is 36.3 Å². The smallest absolute Gasteiger partial charge is 0.119 e. The van der Waals surface area contributed by atoms with E-state index in [0.717, 1.165) is 24.5 Å². The van der Waals surface area contributed by atoms with Gasteiger partial charge in [-0.05, 0) is 55.8 Å². The van der Waals surface area contributed by atoms with Crippen molar-refractivity contribution < 1.29 is 9.47 Å². The summed E-state index contributed by atoms with van der Waals surface area (Å²) in [7, 11) is 4.03. The number of fused-ring (bicyclic) bond motifs is 6. The van der Waals surface area contributed by atoms with Gasteiger partial charge in [-0.25, -0.2) is 0 Å². The molecule has 3 heterocycles. The number of methoxy groups -OCH3 is 1. The van der Waals surface area contributed by atoms with Crippen molar-refractivity contribution in [3.05, 3.63) is 59.8 Å². The van der Waals surface area contributed by atoms with E-state index in [9.17, 15) is 0 Å². The van der Waals surface area contributed by atoms with Crippen LogP contribution in [0.3, 0.4) is 0 Å². The van der Waals surface area contributed by atoms with E-state index in [4.69, 9.17) is 9.47 Å². The summed E-state index contributed by atoms with van der Waals surface area (Å²) in [5, 5.41) is 1.35. The largest absolute Gasteiger partial charge is 0.497 e. The van der Waals surface area contributed by atoms with E-state index in [0.29, 0.717) is 18.7 Å². The van der Waals surface area contributed by atoms with Crippen molar-refractivity contribution in [1.82, 2.24) is 9.47 Å². The number of ether oxygens (including phenoxy) is 2. The Hall–Kier alpha value is -2.46. The van der Waals surface area contributed by atoms with E-state index in [1.807, 2.05) is 30.3 Å². The van der Waals surface area contributed by atoms with Crippen molar-refractivity contribution in [2.45, 2.75) is 37.9 Å². The summed E-state index contributed by atoms with van der Waals surface area (Å²) in [4.78, 5) is 2.58. The van der Waals surface area contributed by atoms with Gasteiger partial charge in [0.2, 0.25) is 0 Å². The number of benzene rings is 2. The maximum atomic E-state index is 6.00. The number of aromatic nitrogens is 1. The lowest BCUT2D eigenvalue weighted by Crippen LogP contribution is -2.34. The van der Waals surface area contributed by atoms with Gasteiger partial charge in [0.25, 0.3) is 0 Å². The first-order valence-electron chi connectivity index (χ1n) is 9.85. The Bertz CT molecular complexity index is 963. The quantitative estimate of drug-likeness (QED) is 0.672. The number of hydrogen-bond acceptors (Lipinski definition) is 3. The van der Waals surface area contributed by atoms with Gasteiger partial charge in [0.15, 0.2) is 0 Å². The predicted octanol–water partition coefficient (Wildman–Crippen LogP) is 4.42. The molecule has 0 saturated carbocycles. The molecule has 0 aliphatic carbocycles. The summed E-state index contributed by atoms with van der Waals surface area (Å²) in [5.74, 6) is 1.87.